The van der Waals surface area contributed by atoms with Crippen LogP contribution in [0.25, 0.3) is 33.4 Å². The van der Waals surface area contributed by atoms with Crippen LogP contribution in [0.5, 0.6) is 0 Å². The second-order valence-electron chi connectivity index (χ2n) is 15.1. The summed E-state index contributed by atoms with van der Waals surface area (Å²) in [6.45, 7) is 5.17. The van der Waals surface area contributed by atoms with E-state index < -0.39 is 11.9 Å². The van der Waals surface area contributed by atoms with E-state index in [0.29, 0.717) is 55.7 Å². The van der Waals surface area contributed by atoms with Crippen molar-refractivity contribution in [3.63, 3.8) is 0 Å². The number of aryl methyl sites for hydroxylation is 2. The molecule has 13 heteroatoms. The first-order chi connectivity index (χ1) is 31.3. The molecule has 8 aromatic rings. The van der Waals surface area contributed by atoms with Crippen molar-refractivity contribution in [1.82, 2.24) is 19.1 Å². The lowest BCUT2D eigenvalue weighted by Gasteiger charge is -2.19. The number of aromatic nitrogens is 4. The van der Waals surface area contributed by atoms with Gasteiger partial charge in [-0.1, -0.05) is 101 Å². The molecule has 0 aliphatic rings. The third-order valence-electron chi connectivity index (χ3n) is 10.8. The molecule has 0 radical (unpaired) electrons. The van der Waals surface area contributed by atoms with Crippen LogP contribution in [0.1, 0.15) is 82.3 Å². The first kappa shape index (κ1) is 45.4. The van der Waals surface area contributed by atoms with Gasteiger partial charge >= 0.3 is 11.9 Å². The van der Waals surface area contributed by atoms with E-state index in [1.807, 2.05) is 74.5 Å². The van der Waals surface area contributed by atoms with Crippen molar-refractivity contribution in [2.75, 3.05) is 19.5 Å². The van der Waals surface area contributed by atoms with Gasteiger partial charge in [-0.25, -0.2) is 19.6 Å². The minimum atomic E-state index is -0.623. The number of carbonyl (C=O) groups is 4. The average Bonchev–Trinajstić information content (AvgIpc) is 3.33. The molecule has 0 unspecified atom stereocenters. The summed E-state index contributed by atoms with van der Waals surface area (Å²) in [6.07, 6.45) is 0.404. The Morgan fingerprint density at radius 1 is 0.538 bits per heavy atom. The number of alkyl halides is 1. The highest BCUT2D eigenvalue weighted by Gasteiger charge is 2.27. The molecule has 0 saturated heterocycles. The Labute approximate surface area is 382 Å². The van der Waals surface area contributed by atoms with Gasteiger partial charge in [0.2, 0.25) is 0 Å². The van der Waals surface area contributed by atoms with Crippen molar-refractivity contribution in [3.05, 3.63) is 210 Å². The minimum Gasteiger partial charge on any atom is -0.464 e. The monoisotopic (exact) mass is 930 g/mol. The second kappa shape index (κ2) is 19.8. The smallest absolute Gasteiger partial charge is 0.355 e. The summed E-state index contributed by atoms with van der Waals surface area (Å²) in [4.78, 5) is 85.8. The molecule has 326 valence electrons. The molecule has 0 aliphatic carbocycles. The van der Waals surface area contributed by atoms with Crippen LogP contribution in [-0.4, -0.2) is 62.2 Å². The van der Waals surface area contributed by atoms with Crippen molar-refractivity contribution in [3.8, 4) is 11.4 Å². The number of hydrogen-bond donors (Lipinski definition) is 0. The summed E-state index contributed by atoms with van der Waals surface area (Å²) in [5, 5.41) is 1.07. The second-order valence-corrected chi connectivity index (χ2v) is 15.7. The topological polar surface area (TPSA) is 157 Å². The number of rotatable bonds is 11. The molecule has 0 bridgehead atoms. The highest BCUT2D eigenvalue weighted by Crippen LogP contribution is 2.26. The first-order valence-corrected chi connectivity index (χ1v) is 21.6. The summed E-state index contributed by atoms with van der Waals surface area (Å²) in [5.41, 5.74) is 6.76. The number of esters is 2. The summed E-state index contributed by atoms with van der Waals surface area (Å²) in [6, 6.07) is 39.7. The van der Waals surface area contributed by atoms with Gasteiger partial charge in [0, 0.05) is 57.9 Å². The highest BCUT2D eigenvalue weighted by atomic mass is 79.9. The van der Waals surface area contributed by atoms with Crippen LogP contribution in [0, 0.1) is 13.8 Å². The molecule has 65 heavy (non-hydrogen) atoms. The van der Waals surface area contributed by atoms with E-state index in [1.165, 1.54) is 21.1 Å². The fourth-order valence-electron chi connectivity index (χ4n) is 7.56. The van der Waals surface area contributed by atoms with Gasteiger partial charge in [0.05, 0.1) is 30.3 Å². The average molecular weight is 932 g/mol. The Hall–Kier alpha value is -7.64. The fourth-order valence-corrected chi connectivity index (χ4v) is 7.89. The van der Waals surface area contributed by atoms with Gasteiger partial charge in [-0.2, -0.15) is 0 Å². The Kier molecular flexibility index (Phi) is 13.8. The summed E-state index contributed by atoms with van der Waals surface area (Å²) >= 11 is 3.17. The number of para-hydroxylation sites is 2. The highest BCUT2D eigenvalue weighted by molar-refractivity contribution is 9.09. The van der Waals surface area contributed by atoms with Gasteiger partial charge < -0.3 is 9.47 Å². The predicted molar refractivity (Wildman–Crippen MR) is 253 cm³/mol. The molecule has 4 aromatic carbocycles. The van der Waals surface area contributed by atoms with Crippen molar-refractivity contribution < 1.29 is 28.7 Å². The first-order valence-electron chi connectivity index (χ1n) is 20.5. The molecule has 4 aromatic heterocycles. The standard InChI is InChI=1S/C26H21BrN2O4.C26H22N2O4/c1-16-8-13-20-24(31)21(14-17-9-11-18(12-10-17)22(30)15-27)23(26(32)33-2)29(25(20)28-16)19-6-4-3-5-7-19;1-16-9-14-21-24(30)22(15-18-10-12-19(13-11-18)17(2)29)23(26(31)32-3)28(25(21)27-16)20-7-5-4-6-8-20/h3-13H,14-15H2,1-2H3;4-14H,15H2,1-3H3. The molecule has 0 N–H and O–H groups in total. The number of Topliss-reactive ketones (excluding diaryl/α,β-unsaturated/α-hetero) is 2. The number of nitrogens with zero attached hydrogens (tertiary/aromatic N) is 4. The van der Waals surface area contributed by atoms with E-state index in [0.717, 1.165) is 22.5 Å². The number of fused-ring (bicyclic) bond motifs is 2. The molecule has 0 fully saturated rings. The third kappa shape index (κ3) is 9.51. The van der Waals surface area contributed by atoms with Crippen LogP contribution in [0.3, 0.4) is 0 Å². The number of halogens is 1. The Bertz CT molecular complexity index is 3240. The Morgan fingerprint density at radius 3 is 1.28 bits per heavy atom. The molecule has 12 nitrogen and oxygen atoms in total. The summed E-state index contributed by atoms with van der Waals surface area (Å²) in [5.74, 6) is -1.31. The van der Waals surface area contributed by atoms with Crippen LogP contribution in [-0.2, 0) is 22.3 Å². The molecule has 8 rings (SSSR count). The number of carbonyl (C=O) groups excluding carboxylic acids is 4. The van der Waals surface area contributed by atoms with E-state index in [4.69, 9.17) is 9.47 Å². The van der Waals surface area contributed by atoms with E-state index in [-0.39, 0.29) is 52.0 Å². The predicted octanol–water partition coefficient (Wildman–Crippen LogP) is 8.92. The number of pyridine rings is 4. The zero-order valence-corrected chi connectivity index (χ0v) is 37.8. The lowest BCUT2D eigenvalue weighted by Crippen LogP contribution is -2.25. The van der Waals surface area contributed by atoms with E-state index in [9.17, 15) is 28.8 Å². The van der Waals surface area contributed by atoms with Gasteiger partial charge in [0.15, 0.2) is 22.4 Å². The molecule has 0 aliphatic heterocycles. The molecule has 0 saturated carbocycles. The molecular formula is C52H43BrN4O8. The quantitative estimate of drug-likeness (QED) is 0.0697. The van der Waals surface area contributed by atoms with Gasteiger partial charge in [-0.05, 0) is 80.4 Å². The zero-order valence-electron chi connectivity index (χ0n) is 36.3. The number of methoxy groups -OCH3 is 2. The van der Waals surface area contributed by atoms with Crippen molar-refractivity contribution in [2.45, 2.75) is 33.6 Å². The van der Waals surface area contributed by atoms with E-state index in [2.05, 4.69) is 25.9 Å². The van der Waals surface area contributed by atoms with Crippen molar-refractivity contribution in [1.29, 1.82) is 0 Å². The van der Waals surface area contributed by atoms with Crippen molar-refractivity contribution >= 4 is 61.5 Å². The van der Waals surface area contributed by atoms with Gasteiger partial charge in [0.1, 0.15) is 22.7 Å². The summed E-state index contributed by atoms with van der Waals surface area (Å²) in [7, 11) is 2.59. The number of ketones is 2. The molecular weight excluding hydrogens is 888 g/mol. The molecule has 0 atom stereocenters. The normalized spacial score (nSPS) is 10.9. The minimum absolute atomic E-state index is 0.0321. The largest absolute Gasteiger partial charge is 0.464 e. The zero-order chi connectivity index (χ0) is 46.4. The molecule has 0 amide bonds. The van der Waals surface area contributed by atoms with Gasteiger partial charge in [-0.3, -0.25) is 28.3 Å². The fraction of sp³-hybridized carbons (Fsp3) is 0.154. The summed E-state index contributed by atoms with van der Waals surface area (Å²) < 4.78 is 13.6. The molecule has 0 spiro atoms. The number of hydrogen-bond acceptors (Lipinski definition) is 10. The van der Waals surface area contributed by atoms with Crippen LogP contribution >= 0.6 is 15.9 Å². The van der Waals surface area contributed by atoms with Crippen LogP contribution in [0.15, 0.2) is 143 Å². The Morgan fingerprint density at radius 2 is 0.923 bits per heavy atom. The maximum atomic E-state index is 13.6. The van der Waals surface area contributed by atoms with Crippen molar-refractivity contribution in [2.24, 2.45) is 0 Å². The van der Waals surface area contributed by atoms with Gasteiger partial charge in [0.25, 0.3) is 0 Å². The van der Waals surface area contributed by atoms with Crippen LogP contribution in [0.2, 0.25) is 0 Å². The third-order valence-corrected chi connectivity index (χ3v) is 11.3. The van der Waals surface area contributed by atoms with E-state index >= 15 is 0 Å². The van der Waals surface area contributed by atoms with Crippen LogP contribution in [0.4, 0.5) is 0 Å². The lowest BCUT2D eigenvalue weighted by atomic mass is 9.99. The van der Waals surface area contributed by atoms with E-state index in [1.54, 1.807) is 81.9 Å². The maximum absolute atomic E-state index is 13.6. The number of ether oxygens (including phenoxy) is 2. The van der Waals surface area contributed by atoms with Crippen LogP contribution < -0.4 is 10.9 Å². The maximum Gasteiger partial charge on any atom is 0.355 e. The number of benzene rings is 4. The molecule has 4 heterocycles. The van der Waals surface area contributed by atoms with Gasteiger partial charge in [-0.15, -0.1) is 0 Å². The lowest BCUT2D eigenvalue weighted by molar-refractivity contribution is 0.0581. The SMILES string of the molecule is COC(=O)c1c(Cc2ccc(C(=O)CBr)cc2)c(=O)c2ccc(C)nc2n1-c1ccccc1.COC(=O)c1c(Cc2ccc(C(C)=O)cc2)c(=O)c2ccc(C)nc2n1-c1ccccc1. The Balaban J connectivity index is 0.000000194.